The first-order chi connectivity index (χ1) is 14.0. The largest absolute Gasteiger partial charge is 0.319 e. The number of nitriles is 1. The van der Waals surface area contributed by atoms with Gasteiger partial charge in [0.15, 0.2) is 0 Å². The number of para-hydroxylation sites is 1. The number of nitrogens with one attached hydrogen (secondary N) is 2. The molecule has 0 spiro atoms. The number of hydrogen-bond acceptors (Lipinski definition) is 4. The molecule has 1 aliphatic heterocycles. The number of benzene rings is 2. The molecule has 1 aliphatic rings. The Morgan fingerprint density at radius 3 is 2.66 bits per heavy atom. The number of nitrogens with zero attached hydrogens (tertiary/aromatic N) is 1. The summed E-state index contributed by atoms with van der Waals surface area (Å²) in [6, 6.07) is 15.2. The molecular formula is C22H16FN3O2S. The maximum Gasteiger partial charge on any atom is 0.266 e. The van der Waals surface area contributed by atoms with Gasteiger partial charge in [0.05, 0.1) is 27.2 Å². The van der Waals surface area contributed by atoms with Crippen molar-refractivity contribution in [1.82, 2.24) is 0 Å². The van der Waals surface area contributed by atoms with E-state index in [0.717, 1.165) is 16.7 Å². The van der Waals surface area contributed by atoms with E-state index >= 15 is 0 Å². The molecule has 29 heavy (non-hydrogen) atoms. The Labute approximate surface area is 170 Å². The zero-order valence-electron chi connectivity index (χ0n) is 15.5. The molecule has 0 fully saturated rings. The second kappa shape index (κ2) is 7.49. The van der Waals surface area contributed by atoms with Crippen molar-refractivity contribution < 1.29 is 14.0 Å². The van der Waals surface area contributed by atoms with Crippen LogP contribution < -0.4 is 10.6 Å². The van der Waals surface area contributed by atoms with Gasteiger partial charge in [0, 0.05) is 12.3 Å². The zero-order chi connectivity index (χ0) is 20.5. The highest BCUT2D eigenvalue weighted by Crippen LogP contribution is 2.45. The van der Waals surface area contributed by atoms with Crippen LogP contribution >= 0.6 is 11.3 Å². The normalized spacial score (nSPS) is 15.2. The fraction of sp³-hybridized carbons (Fsp3) is 0.136. The lowest BCUT2D eigenvalue weighted by Crippen LogP contribution is -2.22. The molecule has 2 heterocycles. The van der Waals surface area contributed by atoms with Crippen LogP contribution in [-0.4, -0.2) is 11.8 Å². The summed E-state index contributed by atoms with van der Waals surface area (Å²) >= 11 is 1.19. The van der Waals surface area contributed by atoms with E-state index in [-0.39, 0.29) is 23.9 Å². The molecule has 0 saturated heterocycles. The first-order valence-electron chi connectivity index (χ1n) is 8.97. The molecule has 4 rings (SSSR count). The predicted octanol–water partition coefficient (Wildman–Crippen LogP) is 4.79. The van der Waals surface area contributed by atoms with Gasteiger partial charge in [-0.3, -0.25) is 9.59 Å². The number of halogens is 1. The summed E-state index contributed by atoms with van der Waals surface area (Å²) in [6.45, 7) is 1.83. The van der Waals surface area contributed by atoms with E-state index in [4.69, 9.17) is 5.26 Å². The van der Waals surface area contributed by atoms with Gasteiger partial charge in [0.2, 0.25) is 5.91 Å². The minimum absolute atomic E-state index is 0.107. The molecule has 144 valence electrons. The Hall–Kier alpha value is -3.50. The lowest BCUT2D eigenvalue weighted by molar-refractivity contribution is -0.116. The van der Waals surface area contributed by atoms with Gasteiger partial charge in [0.1, 0.15) is 5.82 Å². The monoisotopic (exact) mass is 405 g/mol. The molecule has 0 unspecified atom stereocenters. The van der Waals surface area contributed by atoms with Gasteiger partial charge in [-0.05, 0) is 47.9 Å². The average molecular weight is 405 g/mol. The summed E-state index contributed by atoms with van der Waals surface area (Å²) in [7, 11) is 0. The van der Waals surface area contributed by atoms with Gasteiger partial charge in [-0.15, -0.1) is 11.3 Å². The van der Waals surface area contributed by atoms with E-state index in [2.05, 4.69) is 16.7 Å². The maximum absolute atomic E-state index is 13.9. The van der Waals surface area contributed by atoms with Gasteiger partial charge in [0.25, 0.3) is 5.91 Å². The van der Waals surface area contributed by atoms with Crippen LogP contribution in [0.5, 0.6) is 0 Å². The van der Waals surface area contributed by atoms with E-state index in [9.17, 15) is 14.0 Å². The highest BCUT2D eigenvalue weighted by atomic mass is 32.1. The van der Waals surface area contributed by atoms with Crippen molar-refractivity contribution in [2.75, 3.05) is 10.6 Å². The van der Waals surface area contributed by atoms with Gasteiger partial charge in [-0.25, -0.2) is 4.39 Å². The summed E-state index contributed by atoms with van der Waals surface area (Å²) in [6.07, 6.45) is 0.255. The topological polar surface area (TPSA) is 82.0 Å². The number of anilines is 2. The van der Waals surface area contributed by atoms with Crippen LogP contribution in [0.4, 0.5) is 15.1 Å². The van der Waals surface area contributed by atoms with Crippen LogP contribution in [0.1, 0.15) is 44.3 Å². The molecule has 7 heteroatoms. The number of thiophene rings is 1. The van der Waals surface area contributed by atoms with Crippen molar-refractivity contribution in [3.05, 3.63) is 81.5 Å². The molecule has 0 saturated carbocycles. The van der Waals surface area contributed by atoms with E-state index in [0.29, 0.717) is 15.4 Å². The van der Waals surface area contributed by atoms with Crippen LogP contribution in [0.2, 0.25) is 0 Å². The molecule has 1 atom stereocenters. The van der Waals surface area contributed by atoms with Crippen LogP contribution in [-0.2, 0) is 4.79 Å². The summed E-state index contributed by atoms with van der Waals surface area (Å²) in [5, 5.41) is 15.1. The first-order valence-corrected chi connectivity index (χ1v) is 9.78. The fourth-order valence-electron chi connectivity index (χ4n) is 3.54. The van der Waals surface area contributed by atoms with Crippen molar-refractivity contribution in [3.8, 4) is 6.07 Å². The number of rotatable bonds is 3. The Morgan fingerprint density at radius 2 is 1.97 bits per heavy atom. The maximum atomic E-state index is 13.9. The minimum Gasteiger partial charge on any atom is -0.319 e. The summed E-state index contributed by atoms with van der Waals surface area (Å²) in [4.78, 5) is 25.5. The third-order valence-corrected chi connectivity index (χ3v) is 6.18. The molecule has 5 nitrogen and oxygen atoms in total. The number of hydrogen-bond donors (Lipinski definition) is 2. The molecule has 0 bridgehead atoms. The molecule has 3 aromatic rings. The van der Waals surface area contributed by atoms with Crippen LogP contribution in [0.15, 0.2) is 48.5 Å². The Kier molecular flexibility index (Phi) is 4.87. The molecule has 1 aromatic heterocycles. The van der Waals surface area contributed by atoms with Crippen molar-refractivity contribution in [2.24, 2.45) is 0 Å². The Balaban J connectivity index is 1.71. The van der Waals surface area contributed by atoms with Gasteiger partial charge in [-0.1, -0.05) is 24.3 Å². The minimum atomic E-state index is -0.511. The molecular weight excluding hydrogens is 389 g/mol. The summed E-state index contributed by atoms with van der Waals surface area (Å²) in [5.74, 6) is -1.27. The first kappa shape index (κ1) is 18.8. The summed E-state index contributed by atoms with van der Waals surface area (Å²) in [5.41, 5.74) is 3.20. The van der Waals surface area contributed by atoms with Gasteiger partial charge in [-0.2, -0.15) is 5.26 Å². The quantitative estimate of drug-likeness (QED) is 0.657. The van der Waals surface area contributed by atoms with Crippen LogP contribution in [0.25, 0.3) is 0 Å². The second-order valence-corrected chi connectivity index (χ2v) is 7.79. The molecule has 0 radical (unpaired) electrons. The van der Waals surface area contributed by atoms with E-state index in [1.165, 1.54) is 23.5 Å². The van der Waals surface area contributed by atoms with Gasteiger partial charge >= 0.3 is 0 Å². The van der Waals surface area contributed by atoms with Crippen molar-refractivity contribution in [1.29, 1.82) is 5.26 Å². The third-order valence-electron chi connectivity index (χ3n) is 4.95. The second-order valence-electron chi connectivity index (χ2n) is 6.77. The average Bonchev–Trinajstić information content (AvgIpc) is 3.05. The Morgan fingerprint density at radius 1 is 1.24 bits per heavy atom. The standard InChI is InChI=1S/C22H16FN3O2S/c1-12-19-15(14-8-6-13(11-24)7-9-14)10-18(27)26-22(19)29-20(12)21(28)25-17-5-3-2-4-16(17)23/h2-9,15H,10H2,1H3,(H,25,28)(H,26,27)/t15-/m0/s1. The number of carbonyl (C=O) groups is 2. The van der Waals surface area contributed by atoms with Crippen molar-refractivity contribution >= 4 is 33.8 Å². The predicted molar refractivity (Wildman–Crippen MR) is 110 cm³/mol. The third kappa shape index (κ3) is 3.50. The van der Waals surface area contributed by atoms with Gasteiger partial charge < -0.3 is 10.6 Å². The highest BCUT2D eigenvalue weighted by molar-refractivity contribution is 7.18. The molecule has 2 N–H and O–H groups in total. The smallest absolute Gasteiger partial charge is 0.266 e. The summed E-state index contributed by atoms with van der Waals surface area (Å²) < 4.78 is 13.9. The SMILES string of the molecule is Cc1c(C(=O)Nc2ccccc2F)sc2c1[C@H](c1ccc(C#N)cc1)CC(=O)N2. The number of carbonyl (C=O) groups excluding carboxylic acids is 2. The lowest BCUT2D eigenvalue weighted by atomic mass is 9.84. The van der Waals surface area contributed by atoms with E-state index in [1.54, 1.807) is 24.3 Å². The highest BCUT2D eigenvalue weighted by Gasteiger charge is 2.33. The fourth-order valence-corrected chi connectivity index (χ4v) is 4.72. The van der Waals surface area contributed by atoms with Crippen LogP contribution in [0.3, 0.4) is 0 Å². The van der Waals surface area contributed by atoms with Crippen molar-refractivity contribution in [2.45, 2.75) is 19.3 Å². The number of amides is 2. The Bertz CT molecular complexity index is 1160. The van der Waals surface area contributed by atoms with Crippen LogP contribution in [0, 0.1) is 24.1 Å². The van der Waals surface area contributed by atoms with E-state index in [1.807, 2.05) is 19.1 Å². The molecule has 2 aromatic carbocycles. The molecule has 0 aliphatic carbocycles. The number of fused-ring (bicyclic) bond motifs is 1. The zero-order valence-corrected chi connectivity index (χ0v) is 16.3. The van der Waals surface area contributed by atoms with Crippen molar-refractivity contribution in [3.63, 3.8) is 0 Å². The van der Waals surface area contributed by atoms with E-state index < -0.39 is 11.7 Å². The lowest BCUT2D eigenvalue weighted by Gasteiger charge is -2.24. The molecule has 2 amide bonds.